The topological polar surface area (TPSA) is 134 Å². The predicted octanol–water partition coefficient (Wildman–Crippen LogP) is 1.67. The number of ether oxygens (including phenoxy) is 1. The smallest absolute Gasteiger partial charge is 0.352 e. The zero-order valence-corrected chi connectivity index (χ0v) is 21.9. The van der Waals surface area contributed by atoms with Gasteiger partial charge in [0.15, 0.2) is 4.34 Å². The van der Waals surface area contributed by atoms with Crippen LogP contribution in [0.25, 0.3) is 0 Å². The molecule has 0 unspecified atom stereocenters. The van der Waals surface area contributed by atoms with Gasteiger partial charge in [0.2, 0.25) is 5.91 Å². The average Bonchev–Trinajstić information content (AvgIpc) is 3.43. The number of rotatable bonds is 10. The van der Waals surface area contributed by atoms with Gasteiger partial charge in [0.05, 0.1) is 6.42 Å². The number of aromatic nitrogens is 2. The maximum Gasteiger partial charge on any atom is 0.352 e. The minimum absolute atomic E-state index is 0.0561. The van der Waals surface area contributed by atoms with Crippen LogP contribution in [-0.2, 0) is 32.1 Å². The van der Waals surface area contributed by atoms with Gasteiger partial charge >= 0.3 is 5.97 Å². The highest BCUT2D eigenvalue weighted by Crippen LogP contribution is 2.47. The van der Waals surface area contributed by atoms with Crippen molar-refractivity contribution >= 4 is 64.0 Å². The number of carbonyl (C=O) groups excluding carboxylic acids is 2. The van der Waals surface area contributed by atoms with Crippen LogP contribution in [0.5, 0.6) is 0 Å². The number of methoxy groups -OCH3 is 1. The van der Waals surface area contributed by atoms with E-state index in [0.717, 1.165) is 19.1 Å². The molecule has 182 valence electrons. The van der Waals surface area contributed by atoms with Crippen molar-refractivity contribution in [1.29, 1.82) is 0 Å². The van der Waals surface area contributed by atoms with Gasteiger partial charge in [0, 0.05) is 34.9 Å². The van der Waals surface area contributed by atoms with Crippen LogP contribution >= 0.6 is 46.2 Å². The zero-order chi connectivity index (χ0) is 24.5. The number of thiophene rings is 1. The number of nitrogens with one attached hydrogen (secondary N) is 2. The van der Waals surface area contributed by atoms with Crippen LogP contribution in [0.4, 0.5) is 0 Å². The third kappa shape index (κ3) is 4.75. The fourth-order valence-electron chi connectivity index (χ4n) is 3.74. The zero-order valence-electron chi connectivity index (χ0n) is 18.6. The van der Waals surface area contributed by atoms with Gasteiger partial charge in [-0.1, -0.05) is 23.1 Å². The second-order valence-electron chi connectivity index (χ2n) is 7.53. The number of carboxylic acid groups (broad SMARTS) is 1. The summed E-state index contributed by atoms with van der Waals surface area (Å²) in [6.07, 6.45) is 0.106. The van der Waals surface area contributed by atoms with Crippen LogP contribution in [0, 0.1) is 6.92 Å². The summed E-state index contributed by atoms with van der Waals surface area (Å²) in [5.74, 6) is -1.37. The Morgan fingerprint density at radius 1 is 1.32 bits per heavy atom. The summed E-state index contributed by atoms with van der Waals surface area (Å²) in [6.45, 7) is 2.56. The summed E-state index contributed by atoms with van der Waals surface area (Å²) in [5.41, 5.74) is -1.03. The summed E-state index contributed by atoms with van der Waals surface area (Å²) in [5, 5.41) is 23.9. The molecule has 10 nitrogen and oxygen atoms in total. The van der Waals surface area contributed by atoms with E-state index in [2.05, 4.69) is 20.8 Å². The lowest BCUT2D eigenvalue weighted by atomic mass is 9.98. The number of hydrogen-bond donors (Lipinski definition) is 3. The number of aryl methyl sites for hydroxylation is 1. The monoisotopic (exact) mass is 541 g/mol. The van der Waals surface area contributed by atoms with Crippen molar-refractivity contribution in [3.63, 3.8) is 0 Å². The molecule has 2 aliphatic heterocycles. The van der Waals surface area contributed by atoms with Crippen LogP contribution in [0.2, 0.25) is 0 Å². The van der Waals surface area contributed by atoms with E-state index in [1.807, 2.05) is 26.1 Å². The molecule has 3 N–H and O–H groups in total. The lowest BCUT2D eigenvalue weighted by molar-refractivity contribution is -0.192. The second kappa shape index (κ2) is 10.3. The van der Waals surface area contributed by atoms with Gasteiger partial charge in [-0.25, -0.2) is 4.79 Å². The van der Waals surface area contributed by atoms with Crippen LogP contribution in [0.1, 0.15) is 14.8 Å². The number of aliphatic carboxylic acids is 1. The summed E-state index contributed by atoms with van der Waals surface area (Å²) in [6, 6.07) is 3.84. The van der Waals surface area contributed by atoms with Crippen molar-refractivity contribution in [3.8, 4) is 0 Å². The highest BCUT2D eigenvalue weighted by Gasteiger charge is 2.66. The molecule has 0 aliphatic carbocycles. The Hall–Kier alpha value is -1.97. The Balaban J connectivity index is 1.48. The van der Waals surface area contributed by atoms with Crippen LogP contribution < -0.4 is 10.6 Å². The van der Waals surface area contributed by atoms with Crippen molar-refractivity contribution in [2.75, 3.05) is 25.7 Å². The van der Waals surface area contributed by atoms with Crippen LogP contribution in [0.3, 0.4) is 0 Å². The largest absolute Gasteiger partial charge is 0.477 e. The maximum atomic E-state index is 13.2. The number of amides is 2. The van der Waals surface area contributed by atoms with E-state index < -0.39 is 23.0 Å². The van der Waals surface area contributed by atoms with E-state index in [0.29, 0.717) is 23.6 Å². The van der Waals surface area contributed by atoms with Crippen molar-refractivity contribution in [2.24, 2.45) is 0 Å². The first-order valence-corrected chi connectivity index (χ1v) is 13.9. The van der Waals surface area contributed by atoms with Crippen molar-refractivity contribution in [2.45, 2.75) is 35.3 Å². The number of thioether (sulfide) groups is 2. The minimum Gasteiger partial charge on any atom is -0.477 e. The number of carboxylic acids is 1. The molecule has 2 aromatic rings. The molecule has 34 heavy (non-hydrogen) atoms. The number of nitrogens with zero attached hydrogens (tertiary/aromatic N) is 3. The highest BCUT2D eigenvalue weighted by molar-refractivity contribution is 8.01. The molecule has 2 aromatic heterocycles. The van der Waals surface area contributed by atoms with Crippen LogP contribution in [0.15, 0.2) is 27.7 Å². The molecule has 2 aliphatic rings. The third-order valence-electron chi connectivity index (χ3n) is 5.24. The van der Waals surface area contributed by atoms with Crippen molar-refractivity contribution < 1.29 is 24.2 Å². The standard InChI is InChI=1S/C20H23N5O5S4/c1-10-23-24-19(33-10)32-9-11-8-31-18-20(30-3,17(29)25(18)15(11)16(27)28)22-14(26)6-12-4-5-13(34-12)7-21-2/h4-5,18,21H,6-9H2,1-3H3,(H,22,26)(H,27,28)/t18-,20+/m1/s1. The first-order chi connectivity index (χ1) is 16.3. The second-order valence-corrected chi connectivity index (χ2v) is 12.3. The van der Waals surface area contributed by atoms with Gasteiger partial charge in [0.25, 0.3) is 11.6 Å². The van der Waals surface area contributed by atoms with Crippen LogP contribution in [-0.4, -0.2) is 74.7 Å². The molecular weight excluding hydrogens is 519 g/mol. The Morgan fingerprint density at radius 2 is 2.09 bits per heavy atom. The lowest BCUT2D eigenvalue weighted by Crippen LogP contribution is -2.80. The molecule has 0 bridgehead atoms. The molecular formula is C20H23N5O5S4. The number of hydrogen-bond acceptors (Lipinski definition) is 11. The van der Waals surface area contributed by atoms with Gasteiger partial charge in [-0.2, -0.15) is 0 Å². The van der Waals surface area contributed by atoms with Gasteiger partial charge in [0.1, 0.15) is 16.1 Å². The maximum absolute atomic E-state index is 13.2. The van der Waals surface area contributed by atoms with Crippen molar-refractivity contribution in [1.82, 2.24) is 25.7 Å². The highest BCUT2D eigenvalue weighted by atomic mass is 32.2. The van der Waals surface area contributed by atoms with E-state index >= 15 is 0 Å². The molecule has 4 rings (SSSR count). The Kier molecular flexibility index (Phi) is 7.64. The van der Waals surface area contributed by atoms with Crippen molar-refractivity contribution in [3.05, 3.63) is 38.2 Å². The molecule has 0 spiro atoms. The molecule has 0 radical (unpaired) electrons. The van der Waals surface area contributed by atoms with Gasteiger partial charge < -0.3 is 20.5 Å². The molecule has 0 saturated carbocycles. The van der Waals surface area contributed by atoms with E-state index in [9.17, 15) is 19.5 Å². The molecule has 2 atom stereocenters. The Morgan fingerprint density at radius 3 is 2.74 bits per heavy atom. The van der Waals surface area contributed by atoms with E-state index in [1.165, 1.54) is 58.2 Å². The summed E-state index contributed by atoms with van der Waals surface area (Å²) in [4.78, 5) is 41.3. The van der Waals surface area contributed by atoms with E-state index in [-0.39, 0.29) is 18.0 Å². The van der Waals surface area contributed by atoms with Gasteiger partial charge in [-0.15, -0.1) is 33.3 Å². The number of carbonyl (C=O) groups is 3. The normalized spacial score (nSPS) is 21.9. The molecule has 1 fully saturated rings. The summed E-state index contributed by atoms with van der Waals surface area (Å²) < 4.78 is 6.25. The lowest BCUT2D eigenvalue weighted by Gasteiger charge is -2.55. The number of fused-ring (bicyclic) bond motifs is 1. The number of β-lactam (4-membered cyclic amide) rings is 1. The third-order valence-corrected chi connectivity index (χ3v) is 9.76. The first-order valence-electron chi connectivity index (χ1n) is 10.2. The Bertz CT molecular complexity index is 1150. The van der Waals surface area contributed by atoms with Gasteiger partial charge in [-0.3, -0.25) is 14.5 Å². The van der Waals surface area contributed by atoms with E-state index in [1.54, 1.807) is 0 Å². The molecule has 2 amide bonds. The fourth-order valence-corrected chi connectivity index (χ4v) is 8.16. The molecule has 14 heteroatoms. The summed E-state index contributed by atoms with van der Waals surface area (Å²) in [7, 11) is 3.20. The summed E-state index contributed by atoms with van der Waals surface area (Å²) >= 11 is 5.71. The fraction of sp³-hybridized carbons (Fsp3) is 0.450. The Labute approximate surface area is 212 Å². The van der Waals surface area contributed by atoms with E-state index in [4.69, 9.17) is 4.74 Å². The minimum atomic E-state index is -1.59. The predicted molar refractivity (Wildman–Crippen MR) is 132 cm³/mol. The average molecular weight is 542 g/mol. The molecule has 0 aromatic carbocycles. The quantitative estimate of drug-likeness (QED) is 0.232. The molecule has 4 heterocycles. The SMILES string of the molecule is CNCc1ccc(CC(=O)N[C@]2(OC)C(=O)N3C(C(=O)O)=C(CSc4nnc(C)s4)CS[C@@H]32)s1. The molecule has 1 saturated heterocycles. The first kappa shape index (κ1) is 25.1. The van der Waals surface area contributed by atoms with Gasteiger partial charge in [-0.05, 0) is 31.7 Å².